The quantitative estimate of drug-likeness (QED) is 0.675. The molecule has 5 nitrogen and oxygen atoms in total. The highest BCUT2D eigenvalue weighted by atomic mass is 32.2. The van der Waals surface area contributed by atoms with Crippen molar-refractivity contribution < 1.29 is 17.4 Å². The smallest absolute Gasteiger partial charge is 0.341 e. The molecule has 0 radical (unpaired) electrons. The number of carbonyl (C=O) groups is 1. The number of aromatic nitrogens is 1. The maximum atomic E-state index is 12.8. The molecule has 0 atom stereocenters. The number of benzene rings is 2. The van der Waals surface area contributed by atoms with Gasteiger partial charge in [-0.1, -0.05) is 24.3 Å². The Morgan fingerprint density at radius 3 is 2.72 bits per heavy atom. The summed E-state index contributed by atoms with van der Waals surface area (Å²) in [5.41, 5.74) is 2.51. The van der Waals surface area contributed by atoms with Crippen LogP contribution in [0.3, 0.4) is 0 Å². The Labute approximate surface area is 145 Å². The zero-order valence-electron chi connectivity index (χ0n) is 13.5. The van der Waals surface area contributed by atoms with Crippen molar-refractivity contribution in [2.24, 2.45) is 0 Å². The summed E-state index contributed by atoms with van der Waals surface area (Å²) in [5, 5.41) is 0.734. The number of para-hydroxylation sites is 1. The van der Waals surface area contributed by atoms with Crippen molar-refractivity contribution in [2.45, 2.75) is 24.7 Å². The van der Waals surface area contributed by atoms with Crippen LogP contribution < -0.4 is 4.18 Å². The molecule has 1 heterocycles. The molecule has 2 aromatic carbocycles. The SMILES string of the molecule is Cc1cnc2c(S(=O)(=O)Oc3cccc4c3CCC4=O)cccc2c1. The van der Waals surface area contributed by atoms with E-state index in [2.05, 4.69) is 4.98 Å². The third kappa shape index (κ3) is 2.68. The molecule has 25 heavy (non-hydrogen) atoms. The minimum absolute atomic E-state index is 0.0140. The molecule has 0 spiro atoms. The number of ketones is 1. The number of Topliss-reactive ketones (excluding diaryl/α,β-unsaturated/α-hetero) is 1. The van der Waals surface area contributed by atoms with Gasteiger partial charge in [-0.25, -0.2) is 0 Å². The standard InChI is InChI=1S/C19H15NO4S/c1-12-10-13-4-2-7-18(19(13)20-11-12)25(22,23)24-17-6-3-5-14-15(17)8-9-16(14)21/h2-7,10-11H,8-9H2,1H3. The van der Waals surface area contributed by atoms with E-state index in [1.54, 1.807) is 30.5 Å². The summed E-state index contributed by atoms with van der Waals surface area (Å²) in [5.74, 6) is 0.229. The predicted octanol–water partition coefficient (Wildman–Crippen LogP) is 3.44. The fraction of sp³-hybridized carbons (Fsp3) is 0.158. The molecule has 0 unspecified atom stereocenters. The number of hydrogen-bond acceptors (Lipinski definition) is 5. The van der Waals surface area contributed by atoms with Crippen LogP contribution in [0.4, 0.5) is 0 Å². The summed E-state index contributed by atoms with van der Waals surface area (Å²) in [7, 11) is -4.07. The zero-order valence-corrected chi connectivity index (χ0v) is 14.3. The maximum absolute atomic E-state index is 12.8. The third-order valence-electron chi connectivity index (χ3n) is 4.32. The van der Waals surface area contributed by atoms with Gasteiger partial charge in [0.15, 0.2) is 5.78 Å². The van der Waals surface area contributed by atoms with Gasteiger partial charge in [-0.2, -0.15) is 8.42 Å². The van der Waals surface area contributed by atoms with E-state index >= 15 is 0 Å². The summed E-state index contributed by atoms with van der Waals surface area (Å²) in [4.78, 5) is 16.1. The molecule has 6 heteroatoms. The summed E-state index contributed by atoms with van der Waals surface area (Å²) in [6, 6.07) is 11.8. The molecule has 0 saturated heterocycles. The fourth-order valence-electron chi connectivity index (χ4n) is 3.14. The van der Waals surface area contributed by atoms with Crippen molar-refractivity contribution in [3.8, 4) is 5.75 Å². The number of pyridine rings is 1. The van der Waals surface area contributed by atoms with Gasteiger partial charge in [0.1, 0.15) is 10.6 Å². The van der Waals surface area contributed by atoms with E-state index in [1.165, 1.54) is 6.07 Å². The summed E-state index contributed by atoms with van der Waals surface area (Å²) in [6.07, 6.45) is 2.50. The molecular weight excluding hydrogens is 338 g/mol. The highest BCUT2D eigenvalue weighted by molar-refractivity contribution is 7.87. The van der Waals surface area contributed by atoms with E-state index in [0.29, 0.717) is 29.5 Å². The van der Waals surface area contributed by atoms with Crippen LogP contribution in [0.25, 0.3) is 10.9 Å². The van der Waals surface area contributed by atoms with Crippen molar-refractivity contribution in [1.29, 1.82) is 0 Å². The number of carbonyl (C=O) groups excluding carboxylic acids is 1. The van der Waals surface area contributed by atoms with E-state index in [0.717, 1.165) is 10.9 Å². The Morgan fingerprint density at radius 2 is 1.88 bits per heavy atom. The molecule has 0 saturated carbocycles. The summed E-state index contributed by atoms with van der Waals surface area (Å²) in [6.45, 7) is 1.90. The Balaban J connectivity index is 1.81. The van der Waals surface area contributed by atoms with Crippen LogP contribution in [0.15, 0.2) is 53.6 Å². The predicted molar refractivity (Wildman–Crippen MR) is 93.4 cm³/mol. The Kier molecular flexibility index (Phi) is 3.58. The summed E-state index contributed by atoms with van der Waals surface area (Å²) < 4.78 is 31.1. The van der Waals surface area contributed by atoms with Gasteiger partial charge < -0.3 is 4.18 Å². The van der Waals surface area contributed by atoms with Gasteiger partial charge >= 0.3 is 10.1 Å². The van der Waals surface area contributed by atoms with Crippen molar-refractivity contribution in [3.63, 3.8) is 0 Å². The molecule has 0 amide bonds. The molecule has 0 fully saturated rings. The minimum atomic E-state index is -4.07. The first-order valence-electron chi connectivity index (χ1n) is 7.91. The van der Waals surface area contributed by atoms with Gasteiger partial charge in [-0.15, -0.1) is 0 Å². The van der Waals surface area contributed by atoms with Crippen LogP contribution >= 0.6 is 0 Å². The van der Waals surface area contributed by atoms with Crippen LogP contribution in [0.1, 0.15) is 27.9 Å². The molecule has 3 aromatic rings. The van der Waals surface area contributed by atoms with E-state index in [1.807, 2.05) is 19.1 Å². The van der Waals surface area contributed by atoms with Crippen LogP contribution in [-0.4, -0.2) is 19.2 Å². The van der Waals surface area contributed by atoms with Gasteiger partial charge in [0.25, 0.3) is 0 Å². The summed E-state index contributed by atoms with van der Waals surface area (Å²) >= 11 is 0. The number of aryl methyl sites for hydroxylation is 1. The van der Waals surface area contributed by atoms with Crippen molar-refractivity contribution in [3.05, 3.63) is 65.4 Å². The van der Waals surface area contributed by atoms with Crippen molar-refractivity contribution in [2.75, 3.05) is 0 Å². The van der Waals surface area contributed by atoms with Crippen molar-refractivity contribution >= 4 is 26.8 Å². The number of hydrogen-bond donors (Lipinski definition) is 0. The van der Waals surface area contributed by atoms with Gasteiger partial charge in [-0.05, 0) is 37.1 Å². The first-order chi connectivity index (χ1) is 12.0. The van der Waals surface area contributed by atoms with Gasteiger partial charge in [0, 0.05) is 29.1 Å². The second kappa shape index (κ2) is 5.67. The average molecular weight is 353 g/mol. The second-order valence-corrected chi connectivity index (χ2v) is 7.60. The third-order valence-corrected chi connectivity index (χ3v) is 5.58. The first-order valence-corrected chi connectivity index (χ1v) is 9.31. The van der Waals surface area contributed by atoms with Crippen LogP contribution in [-0.2, 0) is 16.5 Å². The molecule has 4 rings (SSSR count). The molecule has 0 bridgehead atoms. The second-order valence-electron chi connectivity index (χ2n) is 6.08. The Morgan fingerprint density at radius 1 is 1.08 bits per heavy atom. The lowest BCUT2D eigenvalue weighted by atomic mass is 10.1. The normalized spacial score (nSPS) is 13.9. The van der Waals surface area contributed by atoms with Crippen LogP contribution in [0, 0.1) is 6.92 Å². The maximum Gasteiger partial charge on any atom is 0.341 e. The highest BCUT2D eigenvalue weighted by Crippen LogP contribution is 2.33. The largest absolute Gasteiger partial charge is 0.379 e. The van der Waals surface area contributed by atoms with Crippen LogP contribution in [0.2, 0.25) is 0 Å². The molecule has 126 valence electrons. The highest BCUT2D eigenvalue weighted by Gasteiger charge is 2.27. The zero-order chi connectivity index (χ0) is 17.6. The van der Waals surface area contributed by atoms with E-state index < -0.39 is 10.1 Å². The molecule has 0 aliphatic heterocycles. The molecular formula is C19H15NO4S. The molecule has 1 aromatic heterocycles. The van der Waals surface area contributed by atoms with E-state index in [4.69, 9.17) is 4.18 Å². The number of fused-ring (bicyclic) bond motifs is 2. The average Bonchev–Trinajstić information content (AvgIpc) is 2.96. The Bertz CT molecular complexity index is 1120. The van der Waals surface area contributed by atoms with Gasteiger partial charge in [0.05, 0.1) is 5.52 Å². The lowest BCUT2D eigenvalue weighted by Crippen LogP contribution is -2.12. The molecule has 0 N–H and O–H groups in total. The van der Waals surface area contributed by atoms with E-state index in [-0.39, 0.29) is 16.4 Å². The fourth-order valence-corrected chi connectivity index (χ4v) is 4.28. The van der Waals surface area contributed by atoms with Gasteiger partial charge in [0.2, 0.25) is 0 Å². The topological polar surface area (TPSA) is 73.3 Å². The van der Waals surface area contributed by atoms with Crippen LogP contribution in [0.5, 0.6) is 5.75 Å². The van der Waals surface area contributed by atoms with Crippen molar-refractivity contribution in [1.82, 2.24) is 4.98 Å². The molecule has 1 aliphatic rings. The number of rotatable bonds is 3. The monoisotopic (exact) mass is 353 g/mol. The van der Waals surface area contributed by atoms with E-state index in [9.17, 15) is 13.2 Å². The minimum Gasteiger partial charge on any atom is -0.379 e. The number of nitrogens with zero attached hydrogens (tertiary/aromatic N) is 1. The lowest BCUT2D eigenvalue weighted by Gasteiger charge is -2.12. The lowest BCUT2D eigenvalue weighted by molar-refractivity contribution is 0.0994. The Hall–Kier alpha value is -2.73. The molecule has 1 aliphatic carbocycles. The first kappa shape index (κ1) is 15.8. The van der Waals surface area contributed by atoms with Gasteiger partial charge in [-0.3, -0.25) is 9.78 Å².